The van der Waals surface area contributed by atoms with E-state index in [-0.39, 0.29) is 0 Å². The zero-order valence-corrected chi connectivity index (χ0v) is 11.6. The number of pyridine rings is 1. The summed E-state index contributed by atoms with van der Waals surface area (Å²) in [5.41, 5.74) is 3.54. The number of hydrogen-bond acceptors (Lipinski definition) is 3. The number of aromatic nitrogens is 1. The molecule has 0 bridgehead atoms. The molecule has 2 rings (SSSR count). The zero-order chi connectivity index (χ0) is 12.8. The lowest BCUT2D eigenvalue weighted by atomic mass is 10.2. The van der Waals surface area contributed by atoms with E-state index in [2.05, 4.69) is 46.7 Å². The van der Waals surface area contributed by atoms with Crippen LogP contribution in [0.25, 0.3) is 0 Å². The summed E-state index contributed by atoms with van der Waals surface area (Å²) in [6, 6.07) is 14.8. The summed E-state index contributed by atoms with van der Waals surface area (Å²) in [6.45, 7) is 2.94. The van der Waals surface area contributed by atoms with Crippen molar-refractivity contribution in [2.24, 2.45) is 0 Å². The van der Waals surface area contributed by atoms with Crippen molar-refractivity contribution in [1.82, 2.24) is 10.3 Å². The standard InChI is InChI=1S/C15H18N2S/c1-12-5-3-7-14(17-12)11-18-15-8-4-6-13(9-15)10-16-2/h3-9,16H,10-11H2,1-2H3. The first-order valence-corrected chi connectivity index (χ1v) is 7.05. The Labute approximate surface area is 113 Å². The van der Waals surface area contributed by atoms with Gasteiger partial charge in [-0.05, 0) is 43.8 Å². The van der Waals surface area contributed by atoms with Gasteiger partial charge in [-0.3, -0.25) is 4.98 Å². The Balaban J connectivity index is 1.99. The molecule has 0 aliphatic heterocycles. The Hall–Kier alpha value is -1.32. The minimum absolute atomic E-state index is 0.914. The van der Waals surface area contributed by atoms with Crippen molar-refractivity contribution in [2.75, 3.05) is 7.05 Å². The number of nitrogens with zero attached hydrogens (tertiary/aromatic N) is 1. The van der Waals surface area contributed by atoms with E-state index in [0.29, 0.717) is 0 Å². The van der Waals surface area contributed by atoms with Crippen molar-refractivity contribution in [2.45, 2.75) is 24.1 Å². The molecule has 1 N–H and O–H groups in total. The molecule has 2 nitrogen and oxygen atoms in total. The zero-order valence-electron chi connectivity index (χ0n) is 10.8. The molecule has 94 valence electrons. The van der Waals surface area contributed by atoms with Crippen LogP contribution in [0.3, 0.4) is 0 Å². The van der Waals surface area contributed by atoms with Gasteiger partial charge >= 0.3 is 0 Å². The molecule has 0 atom stereocenters. The molecule has 0 saturated carbocycles. The van der Waals surface area contributed by atoms with Gasteiger partial charge in [-0.1, -0.05) is 18.2 Å². The van der Waals surface area contributed by atoms with Crippen molar-refractivity contribution in [1.29, 1.82) is 0 Å². The van der Waals surface area contributed by atoms with Crippen LogP contribution in [0.1, 0.15) is 17.0 Å². The number of nitrogens with one attached hydrogen (secondary N) is 1. The average molecular weight is 258 g/mol. The van der Waals surface area contributed by atoms with Gasteiger partial charge in [-0.15, -0.1) is 11.8 Å². The Morgan fingerprint density at radius 3 is 2.78 bits per heavy atom. The van der Waals surface area contributed by atoms with Crippen LogP contribution in [-0.4, -0.2) is 12.0 Å². The first-order valence-electron chi connectivity index (χ1n) is 6.07. The molecule has 0 radical (unpaired) electrons. The van der Waals surface area contributed by atoms with Gasteiger partial charge < -0.3 is 5.32 Å². The van der Waals surface area contributed by atoms with Crippen molar-refractivity contribution >= 4 is 11.8 Å². The van der Waals surface area contributed by atoms with E-state index in [9.17, 15) is 0 Å². The average Bonchev–Trinajstić information content (AvgIpc) is 2.37. The molecule has 0 fully saturated rings. The number of hydrogen-bond donors (Lipinski definition) is 1. The van der Waals surface area contributed by atoms with E-state index in [1.165, 1.54) is 10.5 Å². The molecule has 2 aromatic rings. The van der Waals surface area contributed by atoms with Crippen molar-refractivity contribution in [3.8, 4) is 0 Å². The summed E-state index contributed by atoms with van der Waals surface area (Å²) < 4.78 is 0. The van der Waals surface area contributed by atoms with Gasteiger partial charge in [0.1, 0.15) is 0 Å². The van der Waals surface area contributed by atoms with Gasteiger partial charge in [-0.2, -0.15) is 0 Å². The van der Waals surface area contributed by atoms with Crippen LogP contribution in [0.2, 0.25) is 0 Å². The lowest BCUT2D eigenvalue weighted by molar-refractivity contribution is 0.815. The summed E-state index contributed by atoms with van der Waals surface area (Å²) in [4.78, 5) is 5.81. The highest BCUT2D eigenvalue weighted by molar-refractivity contribution is 7.98. The van der Waals surface area contributed by atoms with Crippen LogP contribution in [0.15, 0.2) is 47.4 Å². The predicted octanol–water partition coefficient (Wildman–Crippen LogP) is 3.40. The van der Waals surface area contributed by atoms with Crippen LogP contribution < -0.4 is 5.32 Å². The number of aryl methyl sites for hydroxylation is 1. The first-order chi connectivity index (χ1) is 8.78. The van der Waals surface area contributed by atoms with Crippen LogP contribution >= 0.6 is 11.8 Å². The first kappa shape index (κ1) is 13.1. The highest BCUT2D eigenvalue weighted by Gasteiger charge is 1.99. The maximum atomic E-state index is 4.51. The molecule has 0 spiro atoms. The van der Waals surface area contributed by atoms with E-state index in [1.807, 2.05) is 31.8 Å². The third kappa shape index (κ3) is 3.86. The lowest BCUT2D eigenvalue weighted by Gasteiger charge is -2.05. The third-order valence-corrected chi connectivity index (χ3v) is 3.64. The van der Waals surface area contributed by atoms with Gasteiger partial charge in [0.2, 0.25) is 0 Å². The Kier molecular flexibility index (Phi) is 4.79. The van der Waals surface area contributed by atoms with Crippen molar-refractivity contribution < 1.29 is 0 Å². The predicted molar refractivity (Wildman–Crippen MR) is 77.7 cm³/mol. The fraction of sp³-hybridized carbons (Fsp3) is 0.267. The van der Waals surface area contributed by atoms with Gasteiger partial charge in [0.05, 0.1) is 5.69 Å². The largest absolute Gasteiger partial charge is 0.316 e. The molecular weight excluding hydrogens is 240 g/mol. The second-order valence-electron chi connectivity index (χ2n) is 4.24. The fourth-order valence-electron chi connectivity index (χ4n) is 1.79. The molecule has 18 heavy (non-hydrogen) atoms. The van der Waals surface area contributed by atoms with Crippen LogP contribution in [-0.2, 0) is 12.3 Å². The van der Waals surface area contributed by atoms with E-state index in [4.69, 9.17) is 0 Å². The van der Waals surface area contributed by atoms with Crippen molar-refractivity contribution in [3.05, 3.63) is 59.4 Å². The maximum Gasteiger partial charge on any atom is 0.0509 e. The highest BCUT2D eigenvalue weighted by atomic mass is 32.2. The smallest absolute Gasteiger partial charge is 0.0509 e. The van der Waals surface area contributed by atoms with Gasteiger partial charge in [0.15, 0.2) is 0 Å². The second kappa shape index (κ2) is 6.57. The Morgan fingerprint density at radius 1 is 1.17 bits per heavy atom. The molecule has 1 heterocycles. The molecule has 1 aromatic heterocycles. The SMILES string of the molecule is CNCc1cccc(SCc2cccc(C)n2)c1. The molecule has 0 saturated heterocycles. The number of rotatable bonds is 5. The third-order valence-electron chi connectivity index (χ3n) is 2.61. The summed E-state index contributed by atoms with van der Waals surface area (Å²) in [6.07, 6.45) is 0. The van der Waals surface area contributed by atoms with E-state index in [1.54, 1.807) is 0 Å². The molecule has 1 aromatic carbocycles. The maximum absolute atomic E-state index is 4.51. The van der Waals surface area contributed by atoms with Crippen LogP contribution in [0.5, 0.6) is 0 Å². The van der Waals surface area contributed by atoms with E-state index < -0.39 is 0 Å². The molecular formula is C15H18N2S. The van der Waals surface area contributed by atoms with E-state index in [0.717, 1.165) is 23.7 Å². The quantitative estimate of drug-likeness (QED) is 0.832. The summed E-state index contributed by atoms with van der Waals surface area (Å²) in [5, 5.41) is 3.17. The molecule has 0 aliphatic carbocycles. The van der Waals surface area contributed by atoms with Crippen LogP contribution in [0.4, 0.5) is 0 Å². The lowest BCUT2D eigenvalue weighted by Crippen LogP contribution is -2.04. The molecule has 0 aliphatic rings. The molecule has 0 unspecified atom stereocenters. The monoisotopic (exact) mass is 258 g/mol. The number of benzene rings is 1. The van der Waals surface area contributed by atoms with Gasteiger partial charge in [0, 0.05) is 22.9 Å². The van der Waals surface area contributed by atoms with E-state index >= 15 is 0 Å². The second-order valence-corrected chi connectivity index (χ2v) is 5.29. The topological polar surface area (TPSA) is 24.9 Å². The number of thioether (sulfide) groups is 1. The van der Waals surface area contributed by atoms with Crippen molar-refractivity contribution in [3.63, 3.8) is 0 Å². The van der Waals surface area contributed by atoms with Gasteiger partial charge in [0.25, 0.3) is 0 Å². The van der Waals surface area contributed by atoms with Gasteiger partial charge in [-0.25, -0.2) is 0 Å². The molecule has 0 amide bonds. The fourth-order valence-corrected chi connectivity index (χ4v) is 2.67. The summed E-state index contributed by atoms with van der Waals surface area (Å²) in [5.74, 6) is 0.921. The Morgan fingerprint density at radius 2 is 2.00 bits per heavy atom. The normalized spacial score (nSPS) is 10.6. The minimum atomic E-state index is 0.914. The summed E-state index contributed by atoms with van der Waals surface area (Å²) in [7, 11) is 1.97. The Bertz CT molecular complexity index is 511. The molecule has 3 heteroatoms. The highest BCUT2D eigenvalue weighted by Crippen LogP contribution is 2.22. The minimum Gasteiger partial charge on any atom is -0.316 e. The van der Waals surface area contributed by atoms with Crippen LogP contribution in [0, 0.1) is 6.92 Å². The summed E-state index contributed by atoms with van der Waals surface area (Å²) >= 11 is 1.83.